The van der Waals surface area contributed by atoms with Crippen LogP contribution in [0.4, 0.5) is 13.2 Å². The fourth-order valence-electron chi connectivity index (χ4n) is 1.56. The second kappa shape index (κ2) is 4.93. The zero-order valence-corrected chi connectivity index (χ0v) is 11.2. The van der Waals surface area contributed by atoms with E-state index in [2.05, 4.69) is 21.0 Å². The van der Waals surface area contributed by atoms with Crippen LogP contribution in [0.5, 0.6) is 0 Å². The van der Waals surface area contributed by atoms with Gasteiger partial charge in [-0.2, -0.15) is 18.3 Å². The molecule has 0 unspecified atom stereocenters. The Morgan fingerprint density at radius 3 is 2.33 bits per heavy atom. The molecular weight excluding hydrogens is 332 g/mol. The fraction of sp³-hybridized carbons (Fsp3) is 0.182. The quantitative estimate of drug-likeness (QED) is 0.740. The monoisotopic (exact) mass is 338 g/mol. The lowest BCUT2D eigenvalue weighted by Crippen LogP contribution is -2.15. The summed E-state index contributed by atoms with van der Waals surface area (Å²) in [5, 5.41) is 4.33. The smallest absolute Gasteiger partial charge is 0.228 e. The predicted molar refractivity (Wildman–Crippen MR) is 66.2 cm³/mol. The van der Waals surface area contributed by atoms with Crippen molar-refractivity contribution in [2.75, 3.05) is 0 Å². The number of benzene rings is 1. The zero-order valence-electron chi connectivity index (χ0n) is 8.88. The average Bonchev–Trinajstić information content (AvgIpc) is 2.73. The highest BCUT2D eigenvalue weighted by Gasteiger charge is 2.38. The van der Waals surface area contributed by atoms with E-state index in [1.165, 1.54) is 30.5 Å². The first-order valence-electron chi connectivity index (χ1n) is 4.89. The van der Waals surface area contributed by atoms with Crippen LogP contribution in [0, 0.1) is 0 Å². The third-order valence-corrected chi connectivity index (χ3v) is 3.18. The van der Waals surface area contributed by atoms with Crippen molar-refractivity contribution in [2.24, 2.45) is 0 Å². The van der Waals surface area contributed by atoms with E-state index in [0.717, 1.165) is 4.68 Å². The van der Waals surface area contributed by atoms with Gasteiger partial charge in [0.25, 0.3) is 0 Å². The number of hydrogen-bond donors (Lipinski definition) is 0. The van der Waals surface area contributed by atoms with Crippen LogP contribution in [0.3, 0.4) is 0 Å². The summed E-state index contributed by atoms with van der Waals surface area (Å²) in [6, 6.07) is 6.02. The Morgan fingerprint density at radius 1 is 1.22 bits per heavy atom. The molecule has 0 aliphatic rings. The van der Waals surface area contributed by atoms with Gasteiger partial charge >= 0.3 is 6.18 Å². The molecule has 2 rings (SSSR count). The first-order chi connectivity index (χ1) is 8.43. The summed E-state index contributed by atoms with van der Waals surface area (Å²) in [6.07, 6.45) is -3.26. The number of rotatable bonds is 2. The average molecular weight is 340 g/mol. The second-order valence-electron chi connectivity index (χ2n) is 3.54. The molecule has 0 bridgehead atoms. The lowest BCUT2D eigenvalue weighted by Gasteiger charge is -2.12. The highest BCUT2D eigenvalue weighted by atomic mass is 79.9. The van der Waals surface area contributed by atoms with Gasteiger partial charge in [0, 0.05) is 15.9 Å². The molecule has 18 heavy (non-hydrogen) atoms. The summed E-state index contributed by atoms with van der Waals surface area (Å²) < 4.78 is 39.8. The first kappa shape index (κ1) is 13.4. The van der Waals surface area contributed by atoms with Crippen LogP contribution in [0.1, 0.15) is 11.3 Å². The van der Waals surface area contributed by atoms with Crippen molar-refractivity contribution in [3.63, 3.8) is 0 Å². The van der Waals surface area contributed by atoms with E-state index in [0.29, 0.717) is 10.7 Å². The number of nitrogens with zero attached hydrogens (tertiary/aromatic N) is 2. The summed E-state index contributed by atoms with van der Waals surface area (Å²) in [5.74, 6) is 0. The molecule has 0 fully saturated rings. The van der Waals surface area contributed by atoms with Crippen LogP contribution in [0.15, 0.2) is 30.5 Å². The number of alkyl halides is 4. The van der Waals surface area contributed by atoms with Gasteiger partial charge in [0.05, 0.1) is 11.9 Å². The van der Waals surface area contributed by atoms with E-state index in [9.17, 15) is 13.2 Å². The fourth-order valence-corrected chi connectivity index (χ4v) is 2.10. The Kier molecular flexibility index (Phi) is 3.68. The summed E-state index contributed by atoms with van der Waals surface area (Å²) in [4.78, 5) is 0. The maximum atomic E-state index is 13.0. The molecule has 0 amide bonds. The van der Waals surface area contributed by atoms with Crippen molar-refractivity contribution in [3.05, 3.63) is 46.7 Å². The molecule has 0 N–H and O–H groups in total. The molecule has 7 heteroatoms. The van der Waals surface area contributed by atoms with E-state index in [4.69, 9.17) is 11.6 Å². The Labute approximate surface area is 114 Å². The molecule has 0 radical (unpaired) electrons. The van der Waals surface area contributed by atoms with E-state index in [1.54, 1.807) is 0 Å². The largest absolute Gasteiger partial charge is 0.433 e. The third kappa shape index (κ3) is 2.54. The molecule has 0 spiro atoms. The van der Waals surface area contributed by atoms with E-state index in [1.807, 2.05) is 0 Å². The van der Waals surface area contributed by atoms with Crippen molar-refractivity contribution in [1.82, 2.24) is 9.78 Å². The van der Waals surface area contributed by atoms with Gasteiger partial charge in [-0.3, -0.25) is 0 Å². The highest BCUT2D eigenvalue weighted by molar-refractivity contribution is 9.08. The van der Waals surface area contributed by atoms with Crippen LogP contribution >= 0.6 is 27.5 Å². The molecule has 0 saturated heterocycles. The van der Waals surface area contributed by atoms with Crippen LogP contribution in [0.25, 0.3) is 5.69 Å². The van der Waals surface area contributed by atoms with Gasteiger partial charge < -0.3 is 0 Å². The minimum atomic E-state index is -4.46. The summed E-state index contributed by atoms with van der Waals surface area (Å²) in [5.41, 5.74) is -0.363. The molecule has 0 aliphatic carbocycles. The highest BCUT2D eigenvalue weighted by Crippen LogP contribution is 2.34. The molecule has 96 valence electrons. The normalized spacial score (nSPS) is 11.8. The summed E-state index contributed by atoms with van der Waals surface area (Å²) in [7, 11) is 0. The molecule has 1 aromatic heterocycles. The maximum Gasteiger partial charge on any atom is 0.433 e. The van der Waals surface area contributed by atoms with E-state index >= 15 is 0 Å². The SMILES string of the molecule is FC(F)(F)c1c(CBr)cnn1-c1ccc(Cl)cc1. The molecule has 0 saturated carbocycles. The molecular formula is C11H7BrClF3N2. The van der Waals surface area contributed by atoms with Gasteiger partial charge in [0.15, 0.2) is 5.69 Å². The van der Waals surface area contributed by atoms with Gasteiger partial charge in [0.2, 0.25) is 0 Å². The molecule has 0 atom stereocenters. The molecule has 1 aromatic carbocycles. The number of aromatic nitrogens is 2. The van der Waals surface area contributed by atoms with Crippen molar-refractivity contribution in [1.29, 1.82) is 0 Å². The Hall–Kier alpha value is -1.01. The van der Waals surface area contributed by atoms with Crippen LogP contribution in [0.2, 0.25) is 5.02 Å². The van der Waals surface area contributed by atoms with Crippen molar-refractivity contribution in [2.45, 2.75) is 11.5 Å². The van der Waals surface area contributed by atoms with Crippen molar-refractivity contribution in [3.8, 4) is 5.69 Å². The molecule has 0 aliphatic heterocycles. The van der Waals surface area contributed by atoms with E-state index < -0.39 is 11.9 Å². The predicted octanol–water partition coefficient (Wildman–Crippen LogP) is 4.44. The van der Waals surface area contributed by atoms with Crippen molar-refractivity contribution < 1.29 is 13.2 Å². The van der Waals surface area contributed by atoms with E-state index in [-0.39, 0.29) is 10.9 Å². The number of halogens is 5. The Morgan fingerprint density at radius 2 is 1.83 bits per heavy atom. The van der Waals surface area contributed by atoms with Crippen molar-refractivity contribution >= 4 is 27.5 Å². The van der Waals surface area contributed by atoms with Gasteiger partial charge in [-0.1, -0.05) is 27.5 Å². The molecule has 1 heterocycles. The maximum absolute atomic E-state index is 13.0. The second-order valence-corrected chi connectivity index (χ2v) is 4.54. The minimum Gasteiger partial charge on any atom is -0.228 e. The van der Waals surface area contributed by atoms with Crippen LogP contribution < -0.4 is 0 Å². The topological polar surface area (TPSA) is 17.8 Å². The van der Waals surface area contributed by atoms with Crippen LogP contribution in [-0.4, -0.2) is 9.78 Å². The first-order valence-corrected chi connectivity index (χ1v) is 6.39. The minimum absolute atomic E-state index is 0.0927. The van der Waals surface area contributed by atoms with Crippen LogP contribution in [-0.2, 0) is 11.5 Å². The standard InChI is InChI=1S/C11H7BrClF3N2/c12-5-7-6-17-18(10(7)11(14,15)16)9-3-1-8(13)2-4-9/h1-4,6H,5H2. The number of hydrogen-bond acceptors (Lipinski definition) is 1. The third-order valence-electron chi connectivity index (χ3n) is 2.33. The Balaban J connectivity index is 2.58. The van der Waals surface area contributed by atoms with Gasteiger partial charge in [-0.25, -0.2) is 4.68 Å². The molecule has 2 nitrogen and oxygen atoms in total. The van der Waals surface area contributed by atoms with Gasteiger partial charge in [-0.05, 0) is 24.3 Å². The lowest BCUT2D eigenvalue weighted by molar-refractivity contribution is -0.143. The van der Waals surface area contributed by atoms with Gasteiger partial charge in [0.1, 0.15) is 0 Å². The zero-order chi connectivity index (χ0) is 13.3. The molecule has 2 aromatic rings. The van der Waals surface area contributed by atoms with Gasteiger partial charge in [-0.15, -0.1) is 0 Å². The Bertz CT molecular complexity index is 548. The lowest BCUT2D eigenvalue weighted by atomic mass is 10.2. The summed E-state index contributed by atoms with van der Waals surface area (Å²) in [6.45, 7) is 0. The summed E-state index contributed by atoms with van der Waals surface area (Å²) >= 11 is 8.73.